The van der Waals surface area contributed by atoms with Gasteiger partial charge in [0.05, 0.1) is 42.8 Å². The first-order chi connectivity index (χ1) is 19.7. The van der Waals surface area contributed by atoms with Crippen molar-refractivity contribution >= 4 is 29.4 Å². The van der Waals surface area contributed by atoms with Crippen molar-refractivity contribution in [3.63, 3.8) is 0 Å². The molecule has 2 atom stereocenters. The Morgan fingerprint density at radius 3 is 2.73 bits per heavy atom. The molecule has 3 aromatic rings. The van der Waals surface area contributed by atoms with Gasteiger partial charge in [-0.2, -0.15) is 0 Å². The third kappa shape index (κ3) is 5.97. The van der Waals surface area contributed by atoms with Crippen LogP contribution in [-0.2, 0) is 16.1 Å². The number of carbonyl (C=O) groups excluding carboxylic acids is 2. The highest BCUT2D eigenvalue weighted by Gasteiger charge is 2.35. The van der Waals surface area contributed by atoms with Crippen molar-refractivity contribution in [1.82, 2.24) is 20.2 Å². The van der Waals surface area contributed by atoms with Crippen molar-refractivity contribution in [3.05, 3.63) is 70.1 Å². The van der Waals surface area contributed by atoms with Gasteiger partial charge in [-0.05, 0) is 49.1 Å². The third-order valence-corrected chi connectivity index (χ3v) is 7.88. The van der Waals surface area contributed by atoms with E-state index in [0.29, 0.717) is 33.4 Å². The van der Waals surface area contributed by atoms with Gasteiger partial charge in [0.25, 0.3) is 5.91 Å². The summed E-state index contributed by atoms with van der Waals surface area (Å²) in [5.41, 5.74) is 2.69. The molecule has 0 saturated heterocycles. The number of benzene rings is 2. The minimum absolute atomic E-state index is 0.213. The van der Waals surface area contributed by atoms with Gasteiger partial charge in [0.2, 0.25) is 11.9 Å². The van der Waals surface area contributed by atoms with Crippen LogP contribution in [0.25, 0.3) is 11.3 Å². The number of aliphatic hydroxyl groups excluding tert-OH is 1. The van der Waals surface area contributed by atoms with Crippen molar-refractivity contribution in [1.29, 1.82) is 0 Å². The Balaban J connectivity index is 1.30. The molecule has 2 heterocycles. The Bertz CT molecular complexity index is 1470. The van der Waals surface area contributed by atoms with E-state index >= 15 is 0 Å². The minimum atomic E-state index is -0.885. The number of amides is 2. The number of rotatable bonds is 10. The number of carbonyl (C=O) groups is 2. The zero-order valence-corrected chi connectivity index (χ0v) is 23.6. The van der Waals surface area contributed by atoms with Crippen LogP contribution in [0, 0.1) is 5.82 Å². The van der Waals surface area contributed by atoms with Crippen LogP contribution in [0.1, 0.15) is 47.3 Å². The lowest BCUT2D eigenvalue weighted by molar-refractivity contribution is -0.126. The summed E-state index contributed by atoms with van der Waals surface area (Å²) >= 11 is 6.44. The number of methoxy groups -OCH3 is 2. The molecule has 5 rings (SSSR count). The van der Waals surface area contributed by atoms with Crippen LogP contribution in [0.5, 0.6) is 5.75 Å². The molecule has 41 heavy (non-hydrogen) atoms. The first-order valence-corrected chi connectivity index (χ1v) is 13.6. The van der Waals surface area contributed by atoms with Gasteiger partial charge in [0.1, 0.15) is 17.6 Å². The molecule has 0 unspecified atom stereocenters. The number of halogens is 2. The maximum Gasteiger partial charge on any atom is 0.255 e. The minimum Gasteiger partial charge on any atom is -0.497 e. The molecule has 1 saturated carbocycles. The molecular formula is C29H31ClFN5O5. The lowest BCUT2D eigenvalue weighted by Crippen LogP contribution is -2.46. The number of aliphatic hydroxyl groups is 1. The summed E-state index contributed by atoms with van der Waals surface area (Å²) in [6, 6.07) is 7.80. The molecule has 1 aliphatic heterocycles. The number of fused-ring (bicyclic) bond motifs is 1. The normalized spacial score (nSPS) is 19.3. The largest absolute Gasteiger partial charge is 0.497 e. The van der Waals surface area contributed by atoms with Crippen LogP contribution >= 0.6 is 11.6 Å². The van der Waals surface area contributed by atoms with Crippen LogP contribution in [0.4, 0.5) is 10.3 Å². The molecule has 2 aliphatic rings. The molecule has 3 N–H and O–H groups in total. The second kappa shape index (κ2) is 12.0. The zero-order chi connectivity index (χ0) is 29.3. The maximum atomic E-state index is 14.0. The lowest BCUT2D eigenvalue weighted by Gasteiger charge is -2.34. The molecular weight excluding hydrogens is 553 g/mol. The van der Waals surface area contributed by atoms with Crippen LogP contribution in [0.2, 0.25) is 5.02 Å². The summed E-state index contributed by atoms with van der Waals surface area (Å²) < 4.78 is 24.4. The van der Waals surface area contributed by atoms with Crippen LogP contribution in [0.3, 0.4) is 0 Å². The average molecular weight is 584 g/mol. The maximum absolute atomic E-state index is 14.0. The summed E-state index contributed by atoms with van der Waals surface area (Å²) in [6.45, 7) is 1.37. The number of hydrogen-bond acceptors (Lipinski definition) is 8. The van der Waals surface area contributed by atoms with Crippen molar-refractivity contribution in [3.8, 4) is 17.0 Å². The van der Waals surface area contributed by atoms with E-state index in [2.05, 4.69) is 20.6 Å². The lowest BCUT2D eigenvalue weighted by atomic mass is 9.89. The van der Waals surface area contributed by atoms with Gasteiger partial charge in [-0.1, -0.05) is 23.7 Å². The first-order valence-electron chi connectivity index (χ1n) is 13.2. The highest BCUT2D eigenvalue weighted by molar-refractivity contribution is 6.33. The fourth-order valence-electron chi connectivity index (χ4n) is 5.05. The van der Waals surface area contributed by atoms with Crippen LogP contribution < -0.4 is 15.4 Å². The number of aromatic nitrogens is 2. The Morgan fingerprint density at radius 2 is 2.02 bits per heavy atom. The second-order valence-corrected chi connectivity index (χ2v) is 10.6. The van der Waals surface area contributed by atoms with Crippen LogP contribution in [0.15, 0.2) is 42.6 Å². The Morgan fingerprint density at radius 1 is 1.24 bits per heavy atom. The number of anilines is 1. The van der Waals surface area contributed by atoms with Crippen molar-refractivity contribution in [2.24, 2.45) is 0 Å². The quantitative estimate of drug-likeness (QED) is 0.330. The summed E-state index contributed by atoms with van der Waals surface area (Å²) in [7, 11) is 3.09. The van der Waals surface area contributed by atoms with E-state index in [4.69, 9.17) is 21.1 Å². The molecule has 1 fully saturated rings. The predicted octanol–water partition coefficient (Wildman–Crippen LogP) is 3.73. The summed E-state index contributed by atoms with van der Waals surface area (Å²) in [5, 5.41) is 16.3. The van der Waals surface area contributed by atoms with Crippen LogP contribution in [-0.4, -0.2) is 70.8 Å². The number of nitrogens with zero attached hydrogens (tertiary/aromatic N) is 3. The molecule has 10 nitrogen and oxygen atoms in total. The van der Waals surface area contributed by atoms with E-state index in [1.54, 1.807) is 20.1 Å². The van der Waals surface area contributed by atoms with Gasteiger partial charge in [-0.3, -0.25) is 9.59 Å². The summed E-state index contributed by atoms with van der Waals surface area (Å²) in [4.78, 5) is 36.9. The van der Waals surface area contributed by atoms with Gasteiger partial charge in [0, 0.05) is 36.9 Å². The monoisotopic (exact) mass is 583 g/mol. The molecule has 12 heteroatoms. The molecule has 216 valence electrons. The van der Waals surface area contributed by atoms with E-state index in [1.165, 1.54) is 36.4 Å². The highest BCUT2D eigenvalue weighted by Crippen LogP contribution is 2.33. The Labute approximate surface area is 241 Å². The van der Waals surface area contributed by atoms with Crippen molar-refractivity contribution in [2.45, 2.75) is 50.5 Å². The first kappa shape index (κ1) is 28.7. The second-order valence-electron chi connectivity index (χ2n) is 10.2. The highest BCUT2D eigenvalue weighted by atomic mass is 35.5. The standard InChI is InChI=1S/C29H31ClFN5O5/c1-15(27(38)34-25(14-37)18-6-19(31)9-21(7-18)40-2)36-13-17-5-4-16(8-23(17)28(36)39)26-24(30)12-32-29(35-26)33-20-10-22(11-20)41-3/h4-9,12,15,20,22,25,37H,10-11,13-14H2,1-3H3,(H,34,38)(H,32,33,35)/t15-,20-,22+,25-/m1/s1. The van der Waals surface area contributed by atoms with E-state index in [9.17, 15) is 19.1 Å². The van der Waals surface area contributed by atoms with E-state index < -0.39 is 30.4 Å². The summed E-state index contributed by atoms with van der Waals surface area (Å²) in [6.07, 6.45) is 3.48. The predicted molar refractivity (Wildman–Crippen MR) is 150 cm³/mol. The molecule has 1 aliphatic carbocycles. The zero-order valence-electron chi connectivity index (χ0n) is 22.9. The SMILES string of the molecule is COc1cc(F)cc([C@@H](CO)NC(=O)[C@@H](C)N2Cc3ccc(-c4nc(N[C@H]5C[C@@H](OC)C5)ncc4Cl)cc3C2=O)c1. The molecule has 0 bridgehead atoms. The molecule has 0 radical (unpaired) electrons. The van der Waals surface area contributed by atoms with Gasteiger partial charge in [-0.25, -0.2) is 14.4 Å². The molecule has 0 spiro atoms. The number of ether oxygens (including phenoxy) is 2. The smallest absolute Gasteiger partial charge is 0.255 e. The summed E-state index contributed by atoms with van der Waals surface area (Å²) in [5.74, 6) is -0.667. The third-order valence-electron chi connectivity index (χ3n) is 7.60. The average Bonchev–Trinajstić information content (AvgIpc) is 3.28. The fraction of sp³-hybridized carbons (Fsp3) is 0.379. The van der Waals surface area contributed by atoms with Crippen molar-refractivity contribution in [2.75, 3.05) is 26.1 Å². The Hall–Kier alpha value is -3.80. The van der Waals surface area contributed by atoms with Gasteiger partial charge < -0.3 is 30.1 Å². The topological polar surface area (TPSA) is 126 Å². The molecule has 2 aromatic carbocycles. The van der Waals surface area contributed by atoms with E-state index in [-0.39, 0.29) is 30.3 Å². The van der Waals surface area contributed by atoms with E-state index in [0.717, 1.165) is 18.4 Å². The van der Waals surface area contributed by atoms with Gasteiger partial charge >= 0.3 is 0 Å². The number of hydrogen-bond donors (Lipinski definition) is 3. The number of nitrogens with one attached hydrogen (secondary N) is 2. The van der Waals surface area contributed by atoms with Gasteiger partial charge in [-0.15, -0.1) is 0 Å². The Kier molecular flexibility index (Phi) is 8.39. The van der Waals surface area contributed by atoms with E-state index in [1.807, 2.05) is 12.1 Å². The molecule has 2 amide bonds. The molecule has 1 aromatic heterocycles. The van der Waals surface area contributed by atoms with Crippen molar-refractivity contribution < 1.29 is 28.6 Å². The fourth-order valence-corrected chi connectivity index (χ4v) is 5.25. The van der Waals surface area contributed by atoms with Gasteiger partial charge in [0.15, 0.2) is 0 Å².